The van der Waals surface area contributed by atoms with Crippen molar-refractivity contribution in [1.82, 2.24) is 10.6 Å². The first-order chi connectivity index (χ1) is 11.1. The highest BCUT2D eigenvalue weighted by molar-refractivity contribution is 7.80. The normalized spacial score (nSPS) is 11.6. The molecule has 0 spiro atoms. The second-order valence-corrected chi connectivity index (χ2v) is 6.19. The number of amides is 1. The van der Waals surface area contributed by atoms with Crippen molar-refractivity contribution in [2.75, 3.05) is 5.32 Å². The van der Waals surface area contributed by atoms with Crippen LogP contribution in [0.2, 0.25) is 0 Å². The first-order valence-electron chi connectivity index (χ1n) is 6.83. The highest BCUT2D eigenvalue weighted by Crippen LogP contribution is 2.09. The molecule has 0 aliphatic heterocycles. The molecule has 2 aromatic carbocycles. The van der Waals surface area contributed by atoms with E-state index in [1.54, 1.807) is 24.3 Å². The quantitative estimate of drug-likeness (QED) is 0.429. The van der Waals surface area contributed by atoms with Gasteiger partial charge in [-0.3, -0.25) is 4.79 Å². The molecule has 0 aliphatic rings. The second-order valence-electron chi connectivity index (χ2n) is 4.62. The van der Waals surface area contributed by atoms with Crippen LogP contribution in [0.25, 0.3) is 0 Å². The standard InChI is InChI=1S/C16H15Cl2N3OS/c17-13(18)14(20-15(22)11-7-3-1-4-8-11)21-16(23)19-12-9-5-2-6-10-12/h1-10,13-14H,(H,20,22)(H2,19,21,23). The minimum Gasteiger partial charge on any atom is -0.340 e. The van der Waals surface area contributed by atoms with E-state index in [4.69, 9.17) is 35.4 Å². The number of rotatable bonds is 5. The van der Waals surface area contributed by atoms with Gasteiger partial charge in [0.2, 0.25) is 0 Å². The lowest BCUT2D eigenvalue weighted by Crippen LogP contribution is -2.52. The first-order valence-corrected chi connectivity index (χ1v) is 8.11. The van der Waals surface area contributed by atoms with Gasteiger partial charge in [0.15, 0.2) is 5.11 Å². The number of halogens is 2. The molecule has 3 N–H and O–H groups in total. The van der Waals surface area contributed by atoms with Crippen LogP contribution in [-0.4, -0.2) is 22.0 Å². The molecule has 0 saturated carbocycles. The molecule has 7 heteroatoms. The Bertz CT molecular complexity index is 653. The van der Waals surface area contributed by atoms with Crippen molar-refractivity contribution < 1.29 is 4.79 Å². The van der Waals surface area contributed by atoms with E-state index in [1.165, 1.54) is 0 Å². The molecule has 2 rings (SSSR count). The van der Waals surface area contributed by atoms with Crippen LogP contribution in [0.15, 0.2) is 60.7 Å². The maximum Gasteiger partial charge on any atom is 0.252 e. The predicted octanol–water partition coefficient (Wildman–Crippen LogP) is 3.53. The second kappa shape index (κ2) is 8.72. The molecule has 0 bridgehead atoms. The zero-order chi connectivity index (χ0) is 16.7. The molecule has 0 aromatic heterocycles. The SMILES string of the molecule is O=C(NC(NC(=S)Nc1ccccc1)C(Cl)Cl)c1ccccc1. The van der Waals surface area contributed by atoms with Crippen LogP contribution in [0.5, 0.6) is 0 Å². The summed E-state index contributed by atoms with van der Waals surface area (Å²) in [6, 6.07) is 18.2. The van der Waals surface area contributed by atoms with Gasteiger partial charge in [-0.2, -0.15) is 0 Å². The lowest BCUT2D eigenvalue weighted by Gasteiger charge is -2.23. The minimum absolute atomic E-state index is 0.295. The molecule has 23 heavy (non-hydrogen) atoms. The summed E-state index contributed by atoms with van der Waals surface area (Å²) in [4.78, 5) is 11.3. The van der Waals surface area contributed by atoms with Gasteiger partial charge in [-0.15, -0.1) is 23.2 Å². The van der Waals surface area contributed by atoms with Gasteiger partial charge in [0.05, 0.1) is 0 Å². The van der Waals surface area contributed by atoms with E-state index in [-0.39, 0.29) is 5.91 Å². The average molecular weight is 368 g/mol. The number of hydrogen-bond acceptors (Lipinski definition) is 2. The summed E-state index contributed by atoms with van der Waals surface area (Å²) < 4.78 is 0. The van der Waals surface area contributed by atoms with Gasteiger partial charge >= 0.3 is 0 Å². The Labute approximate surface area is 150 Å². The Balaban J connectivity index is 1.96. The van der Waals surface area contributed by atoms with Crippen molar-refractivity contribution >= 4 is 52.1 Å². The maximum atomic E-state index is 12.2. The molecular weight excluding hydrogens is 353 g/mol. The van der Waals surface area contributed by atoms with E-state index in [0.29, 0.717) is 10.7 Å². The van der Waals surface area contributed by atoms with E-state index in [9.17, 15) is 4.79 Å². The van der Waals surface area contributed by atoms with Crippen molar-refractivity contribution in [2.24, 2.45) is 0 Å². The third kappa shape index (κ3) is 5.71. The van der Waals surface area contributed by atoms with Crippen LogP contribution in [-0.2, 0) is 0 Å². The van der Waals surface area contributed by atoms with Crippen LogP contribution in [0, 0.1) is 0 Å². The summed E-state index contributed by atoms with van der Waals surface area (Å²) in [5.41, 5.74) is 1.33. The Hall–Kier alpha value is -1.82. The maximum absolute atomic E-state index is 12.2. The van der Waals surface area contributed by atoms with E-state index >= 15 is 0 Å². The molecule has 1 unspecified atom stereocenters. The molecule has 1 atom stereocenters. The Morgan fingerprint density at radius 1 is 0.913 bits per heavy atom. The topological polar surface area (TPSA) is 53.2 Å². The van der Waals surface area contributed by atoms with Gasteiger partial charge in [-0.05, 0) is 36.5 Å². The third-order valence-corrected chi connectivity index (χ3v) is 3.62. The summed E-state index contributed by atoms with van der Waals surface area (Å²) in [6.07, 6.45) is -0.727. The fourth-order valence-electron chi connectivity index (χ4n) is 1.81. The van der Waals surface area contributed by atoms with Crippen LogP contribution in [0.4, 0.5) is 5.69 Å². The molecule has 1 amide bonds. The van der Waals surface area contributed by atoms with Crippen molar-refractivity contribution in [3.05, 3.63) is 66.2 Å². The molecule has 0 aliphatic carbocycles. The number of thiocarbonyl (C=S) groups is 1. The van der Waals surface area contributed by atoms with Crippen LogP contribution in [0.3, 0.4) is 0 Å². The van der Waals surface area contributed by atoms with Gasteiger partial charge in [-0.25, -0.2) is 0 Å². The fraction of sp³-hybridized carbons (Fsp3) is 0.125. The van der Waals surface area contributed by atoms with Crippen molar-refractivity contribution in [2.45, 2.75) is 11.0 Å². The van der Waals surface area contributed by atoms with Crippen LogP contribution < -0.4 is 16.0 Å². The zero-order valence-electron chi connectivity index (χ0n) is 12.0. The molecule has 0 fully saturated rings. The Morgan fingerprint density at radius 2 is 1.48 bits per heavy atom. The summed E-state index contributed by atoms with van der Waals surface area (Å²) in [5, 5.41) is 8.90. The van der Waals surface area contributed by atoms with Crippen molar-refractivity contribution in [3.63, 3.8) is 0 Å². The molecular formula is C16H15Cl2N3OS. The third-order valence-electron chi connectivity index (χ3n) is 2.89. The zero-order valence-corrected chi connectivity index (χ0v) is 14.3. The van der Waals surface area contributed by atoms with E-state index in [2.05, 4.69) is 16.0 Å². The van der Waals surface area contributed by atoms with Crippen molar-refractivity contribution in [3.8, 4) is 0 Å². The van der Waals surface area contributed by atoms with Gasteiger partial charge in [0.1, 0.15) is 11.0 Å². The summed E-state index contributed by atoms with van der Waals surface area (Å²) in [7, 11) is 0. The molecule has 0 heterocycles. The van der Waals surface area contributed by atoms with E-state index < -0.39 is 11.0 Å². The lowest BCUT2D eigenvalue weighted by atomic mass is 10.2. The summed E-state index contributed by atoms with van der Waals surface area (Å²) in [6.45, 7) is 0. The number of carbonyl (C=O) groups excluding carboxylic acids is 1. The number of hydrogen-bond donors (Lipinski definition) is 3. The number of anilines is 1. The minimum atomic E-state index is -0.877. The number of nitrogens with one attached hydrogen (secondary N) is 3. The number of carbonyl (C=O) groups is 1. The smallest absolute Gasteiger partial charge is 0.252 e. The van der Waals surface area contributed by atoms with Gasteiger partial charge in [0.25, 0.3) is 5.91 Å². The molecule has 0 saturated heterocycles. The number of para-hydroxylation sites is 1. The number of benzene rings is 2. The van der Waals surface area contributed by atoms with E-state index in [0.717, 1.165) is 5.69 Å². The fourth-order valence-corrected chi connectivity index (χ4v) is 2.30. The Morgan fingerprint density at radius 3 is 2.04 bits per heavy atom. The first kappa shape index (κ1) is 17.5. The molecule has 120 valence electrons. The molecule has 2 aromatic rings. The summed E-state index contributed by atoms with van der Waals surface area (Å²) >= 11 is 17.1. The van der Waals surface area contributed by atoms with Crippen molar-refractivity contribution in [1.29, 1.82) is 0 Å². The molecule has 0 radical (unpaired) electrons. The lowest BCUT2D eigenvalue weighted by molar-refractivity contribution is 0.0936. The van der Waals surface area contributed by atoms with Gasteiger partial charge in [-0.1, -0.05) is 36.4 Å². The Kier molecular flexibility index (Phi) is 6.65. The largest absolute Gasteiger partial charge is 0.340 e. The van der Waals surface area contributed by atoms with Gasteiger partial charge < -0.3 is 16.0 Å². The van der Waals surface area contributed by atoms with Gasteiger partial charge in [0, 0.05) is 11.3 Å². The highest BCUT2D eigenvalue weighted by Gasteiger charge is 2.20. The van der Waals surface area contributed by atoms with Crippen LogP contribution >= 0.6 is 35.4 Å². The monoisotopic (exact) mass is 367 g/mol. The van der Waals surface area contributed by atoms with E-state index in [1.807, 2.05) is 36.4 Å². The predicted molar refractivity (Wildman–Crippen MR) is 99.0 cm³/mol. The molecule has 4 nitrogen and oxygen atoms in total. The highest BCUT2D eigenvalue weighted by atomic mass is 35.5. The number of alkyl halides is 2. The summed E-state index contributed by atoms with van der Waals surface area (Å²) in [5.74, 6) is -0.295. The average Bonchev–Trinajstić information content (AvgIpc) is 2.55. The van der Waals surface area contributed by atoms with Crippen LogP contribution in [0.1, 0.15) is 10.4 Å².